The smallest absolute Gasteiger partial charge is 0.293 e. The highest BCUT2D eigenvalue weighted by Gasteiger charge is 2.36. The summed E-state index contributed by atoms with van der Waals surface area (Å²) in [4.78, 5) is 39.6. The number of ketones is 1. The lowest BCUT2D eigenvalue weighted by molar-refractivity contribution is -0.122. The Morgan fingerprint density at radius 2 is 1.68 bits per heavy atom. The normalized spacial score (nSPS) is 14.6. The number of imide groups is 1. The first kappa shape index (κ1) is 24.9. The number of carbonyl (C=O) groups excluding carboxylic acids is 3. The number of para-hydroxylation sites is 2. The van der Waals surface area contributed by atoms with E-state index in [0.29, 0.717) is 22.1 Å². The molecule has 5 rings (SSSR count). The largest absolute Gasteiger partial charge is 0.494 e. The van der Waals surface area contributed by atoms with Crippen LogP contribution in [0.1, 0.15) is 22.3 Å². The average molecular weight is 531 g/mol. The summed E-state index contributed by atoms with van der Waals surface area (Å²) in [5.74, 6) is 0.0470. The van der Waals surface area contributed by atoms with Gasteiger partial charge in [-0.1, -0.05) is 48.0 Å². The highest BCUT2D eigenvalue weighted by Crippen LogP contribution is 2.34. The maximum Gasteiger partial charge on any atom is 0.293 e. The minimum absolute atomic E-state index is 0.296. The molecule has 1 aliphatic heterocycles. The van der Waals surface area contributed by atoms with Crippen LogP contribution < -0.4 is 4.74 Å². The number of Topliss-reactive ketones (excluding diaryl/α,β-unsaturated/α-hetero) is 1. The standard InChI is InChI=1S/C29H23ClN2O4S/c30-22-13-11-20(12-14-22)26(33)19-32-28(34)27(37-29(32)35)17-21-18-31(25-10-5-4-9-24(21)25)15-6-16-36-23-7-2-1-3-8-23/h1-5,7-14,17-18H,6,15-16,19H2/b27-17-. The number of aromatic nitrogens is 1. The van der Waals surface area contributed by atoms with E-state index in [2.05, 4.69) is 4.57 Å². The minimum atomic E-state index is -0.467. The summed E-state index contributed by atoms with van der Waals surface area (Å²) in [6.45, 7) is 0.997. The molecule has 0 bridgehead atoms. The van der Waals surface area contributed by atoms with E-state index in [1.54, 1.807) is 30.3 Å². The van der Waals surface area contributed by atoms with Crippen LogP contribution in [0, 0.1) is 0 Å². The molecule has 6 nitrogen and oxygen atoms in total. The van der Waals surface area contributed by atoms with E-state index in [4.69, 9.17) is 16.3 Å². The molecular weight excluding hydrogens is 508 g/mol. The number of nitrogens with zero attached hydrogens (tertiary/aromatic N) is 2. The number of fused-ring (bicyclic) bond motifs is 1. The maximum atomic E-state index is 13.0. The van der Waals surface area contributed by atoms with Crippen LogP contribution in [0.4, 0.5) is 4.79 Å². The summed E-state index contributed by atoms with van der Waals surface area (Å²) in [6.07, 6.45) is 4.52. The van der Waals surface area contributed by atoms with Gasteiger partial charge in [-0.05, 0) is 66.7 Å². The van der Waals surface area contributed by atoms with Crippen molar-refractivity contribution < 1.29 is 19.1 Å². The Kier molecular flexibility index (Phi) is 7.44. The van der Waals surface area contributed by atoms with Gasteiger partial charge in [0, 0.05) is 39.8 Å². The molecule has 3 aromatic carbocycles. The molecular formula is C29H23ClN2O4S. The Bertz CT molecular complexity index is 1500. The van der Waals surface area contributed by atoms with E-state index in [0.717, 1.165) is 51.8 Å². The van der Waals surface area contributed by atoms with Gasteiger partial charge in [0.25, 0.3) is 11.1 Å². The Morgan fingerprint density at radius 1 is 0.946 bits per heavy atom. The van der Waals surface area contributed by atoms with Crippen LogP contribution in [-0.2, 0) is 11.3 Å². The van der Waals surface area contributed by atoms with E-state index in [1.165, 1.54) is 0 Å². The number of carbonyl (C=O) groups is 3. The minimum Gasteiger partial charge on any atom is -0.494 e. The van der Waals surface area contributed by atoms with Gasteiger partial charge < -0.3 is 9.30 Å². The van der Waals surface area contributed by atoms with Crippen molar-refractivity contribution in [2.24, 2.45) is 0 Å². The van der Waals surface area contributed by atoms with Crippen molar-refractivity contribution in [3.63, 3.8) is 0 Å². The molecule has 1 saturated heterocycles. The van der Waals surface area contributed by atoms with Gasteiger partial charge in [-0.2, -0.15) is 0 Å². The van der Waals surface area contributed by atoms with Gasteiger partial charge in [0.2, 0.25) is 0 Å². The van der Waals surface area contributed by atoms with Crippen LogP contribution in [0.15, 0.2) is 90.0 Å². The molecule has 0 unspecified atom stereocenters. The second kappa shape index (κ2) is 11.1. The Hall–Kier alpha value is -3.81. The molecule has 0 atom stereocenters. The third kappa shape index (κ3) is 5.63. The van der Waals surface area contributed by atoms with Crippen molar-refractivity contribution in [3.8, 4) is 5.75 Å². The van der Waals surface area contributed by atoms with Crippen molar-refractivity contribution in [2.75, 3.05) is 13.2 Å². The van der Waals surface area contributed by atoms with Gasteiger partial charge in [-0.25, -0.2) is 0 Å². The lowest BCUT2D eigenvalue weighted by atomic mass is 10.1. The van der Waals surface area contributed by atoms with Crippen LogP contribution in [0.3, 0.4) is 0 Å². The second-order valence-corrected chi connectivity index (χ2v) is 9.94. The molecule has 0 radical (unpaired) electrons. The lowest BCUT2D eigenvalue weighted by Crippen LogP contribution is -2.33. The van der Waals surface area contributed by atoms with Crippen LogP contribution in [0.2, 0.25) is 5.02 Å². The first-order valence-corrected chi connectivity index (χ1v) is 13.0. The SMILES string of the molecule is O=C(CN1C(=O)S/C(=C\c2cn(CCCOc3ccccc3)c3ccccc23)C1=O)c1ccc(Cl)cc1. The molecule has 8 heteroatoms. The maximum absolute atomic E-state index is 13.0. The van der Waals surface area contributed by atoms with Crippen LogP contribution in [-0.4, -0.2) is 39.5 Å². The zero-order chi connectivity index (χ0) is 25.8. The number of rotatable bonds is 9. The molecule has 4 aromatic rings. The summed E-state index contributed by atoms with van der Waals surface area (Å²) in [6, 6.07) is 24.0. The van der Waals surface area contributed by atoms with Crippen molar-refractivity contribution >= 4 is 57.3 Å². The second-order valence-electron chi connectivity index (χ2n) is 8.51. The number of halogens is 1. The topological polar surface area (TPSA) is 68.6 Å². The van der Waals surface area contributed by atoms with E-state index >= 15 is 0 Å². The lowest BCUT2D eigenvalue weighted by Gasteiger charge is -2.11. The van der Waals surface area contributed by atoms with E-state index < -0.39 is 11.1 Å². The van der Waals surface area contributed by atoms with Crippen LogP contribution in [0.25, 0.3) is 17.0 Å². The number of amides is 2. The molecule has 2 heterocycles. The molecule has 1 aliphatic rings. The van der Waals surface area contributed by atoms with Crippen molar-refractivity contribution in [2.45, 2.75) is 13.0 Å². The molecule has 37 heavy (non-hydrogen) atoms. The zero-order valence-corrected chi connectivity index (χ0v) is 21.4. The fourth-order valence-corrected chi connectivity index (χ4v) is 5.12. The summed E-state index contributed by atoms with van der Waals surface area (Å²) >= 11 is 6.73. The highest BCUT2D eigenvalue weighted by atomic mass is 35.5. The quantitative estimate of drug-likeness (QED) is 0.137. The Balaban J connectivity index is 1.30. The van der Waals surface area contributed by atoms with Crippen LogP contribution in [0.5, 0.6) is 5.75 Å². The molecule has 0 N–H and O–H groups in total. The monoisotopic (exact) mass is 530 g/mol. The van der Waals surface area contributed by atoms with Crippen molar-refractivity contribution in [3.05, 3.63) is 106 Å². The number of thioether (sulfide) groups is 1. The van der Waals surface area contributed by atoms with Crippen molar-refractivity contribution in [1.29, 1.82) is 0 Å². The van der Waals surface area contributed by atoms with E-state index in [9.17, 15) is 14.4 Å². The predicted octanol–water partition coefficient (Wildman–Crippen LogP) is 6.68. The number of hydrogen-bond acceptors (Lipinski definition) is 5. The van der Waals surface area contributed by atoms with Gasteiger partial charge in [0.15, 0.2) is 5.78 Å². The van der Waals surface area contributed by atoms with Gasteiger partial charge in [0.05, 0.1) is 18.1 Å². The Labute approximate surface area is 223 Å². The molecule has 0 saturated carbocycles. The molecule has 1 fully saturated rings. The number of benzene rings is 3. The third-order valence-electron chi connectivity index (χ3n) is 6.00. The van der Waals surface area contributed by atoms with Gasteiger partial charge >= 0.3 is 0 Å². The summed E-state index contributed by atoms with van der Waals surface area (Å²) in [5, 5.41) is 1.03. The van der Waals surface area contributed by atoms with Gasteiger partial charge in [-0.3, -0.25) is 19.3 Å². The van der Waals surface area contributed by atoms with Gasteiger partial charge in [0.1, 0.15) is 5.75 Å². The summed E-state index contributed by atoms with van der Waals surface area (Å²) < 4.78 is 7.94. The summed E-state index contributed by atoms with van der Waals surface area (Å²) in [7, 11) is 0. The molecule has 1 aromatic heterocycles. The van der Waals surface area contributed by atoms with Crippen LogP contribution >= 0.6 is 23.4 Å². The number of hydrogen-bond donors (Lipinski definition) is 0. The molecule has 0 aliphatic carbocycles. The predicted molar refractivity (Wildman–Crippen MR) is 147 cm³/mol. The fourth-order valence-electron chi connectivity index (χ4n) is 4.17. The van der Waals surface area contributed by atoms with Gasteiger partial charge in [-0.15, -0.1) is 0 Å². The highest BCUT2D eigenvalue weighted by molar-refractivity contribution is 8.18. The fraction of sp³-hybridized carbons (Fsp3) is 0.138. The third-order valence-corrected chi connectivity index (χ3v) is 7.16. The van der Waals surface area contributed by atoms with E-state index in [-0.39, 0.29) is 12.3 Å². The molecule has 2 amide bonds. The Morgan fingerprint density at radius 3 is 2.46 bits per heavy atom. The summed E-state index contributed by atoms with van der Waals surface area (Å²) in [5.41, 5.74) is 2.27. The number of aryl methyl sites for hydroxylation is 1. The average Bonchev–Trinajstić information content (AvgIpc) is 3.39. The molecule has 0 spiro atoms. The first-order valence-electron chi connectivity index (χ1n) is 11.8. The zero-order valence-electron chi connectivity index (χ0n) is 19.8. The first-order chi connectivity index (χ1) is 18.0. The number of ether oxygens (including phenoxy) is 1. The van der Waals surface area contributed by atoms with Crippen molar-refractivity contribution in [1.82, 2.24) is 9.47 Å². The van der Waals surface area contributed by atoms with E-state index in [1.807, 2.05) is 60.8 Å². The molecule has 186 valence electrons.